The van der Waals surface area contributed by atoms with E-state index in [2.05, 4.69) is 10.3 Å². The molecule has 0 aliphatic carbocycles. The minimum absolute atomic E-state index is 0.00492. The lowest BCUT2D eigenvalue weighted by Gasteiger charge is -2.36. The van der Waals surface area contributed by atoms with Crippen LogP contribution < -0.4 is 15.0 Å². The molecule has 2 aliphatic rings. The zero-order chi connectivity index (χ0) is 31.1. The summed E-state index contributed by atoms with van der Waals surface area (Å²) in [7, 11) is 1.54. The number of carbonyl (C=O) groups excluding carboxylic acids is 3. The second-order valence-electron chi connectivity index (χ2n) is 10.6. The molecule has 0 spiro atoms. The zero-order valence-corrected chi connectivity index (χ0v) is 23.5. The number of fused-ring (bicyclic) bond motifs is 4. The molecule has 3 atom stereocenters. The Morgan fingerprint density at radius 1 is 1.02 bits per heavy atom. The number of rotatable bonds is 9. The van der Waals surface area contributed by atoms with E-state index < -0.39 is 54.3 Å². The van der Waals surface area contributed by atoms with E-state index in [9.17, 15) is 29.1 Å². The molecule has 3 heterocycles. The van der Waals surface area contributed by atoms with Gasteiger partial charge in [0.15, 0.2) is 0 Å². The van der Waals surface area contributed by atoms with Crippen molar-refractivity contribution in [2.45, 2.75) is 37.4 Å². The minimum atomic E-state index is -1.49. The van der Waals surface area contributed by atoms with E-state index in [0.29, 0.717) is 5.75 Å². The van der Waals surface area contributed by atoms with Crippen molar-refractivity contribution in [1.82, 2.24) is 15.2 Å². The monoisotopic (exact) mass is 596 g/mol. The number of anilines is 1. The molecule has 3 aromatic carbocycles. The van der Waals surface area contributed by atoms with Gasteiger partial charge < -0.3 is 25.3 Å². The van der Waals surface area contributed by atoms with Crippen LogP contribution in [0.2, 0.25) is 0 Å². The number of ether oxygens (including phenoxy) is 1. The second-order valence-corrected chi connectivity index (χ2v) is 10.6. The van der Waals surface area contributed by atoms with Gasteiger partial charge in [-0.1, -0.05) is 42.5 Å². The number of urea groups is 1. The number of benzene rings is 3. The quantitative estimate of drug-likeness (QED) is 0.212. The van der Waals surface area contributed by atoms with E-state index in [-0.39, 0.29) is 24.1 Å². The highest BCUT2D eigenvalue weighted by Gasteiger charge is 2.53. The number of amides is 4. The van der Waals surface area contributed by atoms with Crippen molar-refractivity contribution in [1.29, 1.82) is 0 Å². The van der Waals surface area contributed by atoms with E-state index >= 15 is 0 Å². The predicted molar refractivity (Wildman–Crippen MR) is 158 cm³/mol. The SMILES string of the molecule is COc1cccc([C@@H]2c3[nH]c4ccccc4c3C[C@H]3C(=O)N(c4ccccc4C(=O)N[C@H](CCC(=O)O)C(=O)O)C(=O)N23)c1. The number of hydrogen-bond donors (Lipinski definition) is 4. The van der Waals surface area contributed by atoms with Gasteiger partial charge >= 0.3 is 18.0 Å². The number of imide groups is 1. The molecule has 4 N–H and O–H groups in total. The lowest BCUT2D eigenvalue weighted by molar-refractivity contribution is -0.140. The number of carbonyl (C=O) groups is 5. The molecule has 1 fully saturated rings. The maximum Gasteiger partial charge on any atom is 0.332 e. The Morgan fingerprint density at radius 3 is 2.52 bits per heavy atom. The number of nitrogens with zero attached hydrogens (tertiary/aromatic N) is 2. The first-order chi connectivity index (χ1) is 21.2. The van der Waals surface area contributed by atoms with E-state index in [1.54, 1.807) is 19.2 Å². The van der Waals surface area contributed by atoms with Gasteiger partial charge in [-0.15, -0.1) is 0 Å². The third-order valence-electron chi connectivity index (χ3n) is 8.10. The van der Waals surface area contributed by atoms with Gasteiger partial charge in [-0.25, -0.2) is 14.5 Å². The van der Waals surface area contributed by atoms with Crippen LogP contribution in [0.1, 0.15) is 46.1 Å². The van der Waals surface area contributed by atoms with Gasteiger partial charge in [0.05, 0.1) is 18.4 Å². The van der Waals surface area contributed by atoms with Gasteiger partial charge in [-0.2, -0.15) is 0 Å². The van der Waals surface area contributed by atoms with E-state index in [1.807, 2.05) is 42.5 Å². The first-order valence-electron chi connectivity index (χ1n) is 13.9. The molecule has 0 bridgehead atoms. The summed E-state index contributed by atoms with van der Waals surface area (Å²) >= 11 is 0. The van der Waals surface area contributed by atoms with Crippen LogP contribution in [0, 0.1) is 0 Å². The first-order valence-corrected chi connectivity index (χ1v) is 13.9. The molecule has 1 saturated heterocycles. The standard InChI is InChI=1S/C32H28N4O8/c1-44-18-8-6-7-17(15-18)28-27-21(19-9-2-4-11-22(19)33-27)16-25-30(40)36(32(43)35(25)28)24-12-5-3-10-20(24)29(39)34-23(31(41)42)13-14-26(37)38/h2-12,15,23,25,28,33H,13-14,16H2,1H3,(H,34,39)(H,37,38)(H,41,42)/t23-,25+,28-/m1/s1. The fourth-order valence-corrected chi connectivity index (χ4v) is 6.08. The Kier molecular flexibility index (Phi) is 7.25. The minimum Gasteiger partial charge on any atom is -0.497 e. The van der Waals surface area contributed by atoms with Crippen LogP contribution in [0.15, 0.2) is 72.8 Å². The Bertz CT molecular complexity index is 1830. The summed E-state index contributed by atoms with van der Waals surface area (Å²) in [5.41, 5.74) is 3.17. The maximum absolute atomic E-state index is 14.3. The molecule has 6 rings (SSSR count). The first kappa shape index (κ1) is 28.5. The molecule has 0 radical (unpaired) electrons. The van der Waals surface area contributed by atoms with Crippen LogP contribution in [-0.2, 0) is 20.8 Å². The molecule has 0 saturated carbocycles. The number of para-hydroxylation sites is 2. The summed E-state index contributed by atoms with van der Waals surface area (Å²) in [6.07, 6.45) is -0.575. The maximum atomic E-state index is 14.3. The number of aliphatic carboxylic acids is 2. The summed E-state index contributed by atoms with van der Waals surface area (Å²) in [4.78, 5) is 70.5. The van der Waals surface area contributed by atoms with Crippen LogP contribution in [0.5, 0.6) is 5.75 Å². The molecule has 12 nitrogen and oxygen atoms in total. The summed E-state index contributed by atoms with van der Waals surface area (Å²) < 4.78 is 5.45. The largest absolute Gasteiger partial charge is 0.497 e. The van der Waals surface area contributed by atoms with Gasteiger partial charge in [0.1, 0.15) is 23.9 Å². The Labute approximate surface area is 250 Å². The number of H-pyrrole nitrogens is 1. The highest BCUT2D eigenvalue weighted by Crippen LogP contribution is 2.45. The van der Waals surface area contributed by atoms with E-state index in [0.717, 1.165) is 32.6 Å². The van der Waals surface area contributed by atoms with E-state index in [1.165, 1.54) is 23.1 Å². The molecule has 4 amide bonds. The van der Waals surface area contributed by atoms with Gasteiger partial charge in [0.25, 0.3) is 11.8 Å². The van der Waals surface area contributed by atoms with Crippen molar-refractivity contribution < 1.29 is 38.9 Å². The third-order valence-corrected chi connectivity index (χ3v) is 8.10. The van der Waals surface area contributed by atoms with Gasteiger partial charge in [-0.3, -0.25) is 19.3 Å². The number of hydrogen-bond acceptors (Lipinski definition) is 6. The van der Waals surface area contributed by atoms with Crippen LogP contribution in [0.25, 0.3) is 10.9 Å². The summed E-state index contributed by atoms with van der Waals surface area (Å²) in [5, 5.41) is 21.8. The number of aromatic nitrogens is 1. The normalized spacial score (nSPS) is 18.1. The molecule has 12 heteroatoms. The van der Waals surface area contributed by atoms with Crippen molar-refractivity contribution in [3.63, 3.8) is 0 Å². The summed E-state index contributed by atoms with van der Waals surface area (Å²) in [5.74, 6) is -3.42. The molecular formula is C32H28N4O8. The Morgan fingerprint density at radius 2 is 1.77 bits per heavy atom. The third kappa shape index (κ3) is 4.79. The molecule has 224 valence electrons. The van der Waals surface area contributed by atoms with E-state index in [4.69, 9.17) is 9.84 Å². The topological polar surface area (TPSA) is 169 Å². The van der Waals surface area contributed by atoms with Crippen LogP contribution in [-0.4, -0.2) is 69.1 Å². The van der Waals surface area contributed by atoms with Crippen molar-refractivity contribution >= 4 is 46.4 Å². The number of carboxylic acids is 2. The van der Waals surface area contributed by atoms with Crippen molar-refractivity contribution in [2.24, 2.45) is 0 Å². The number of carboxylic acid groups (broad SMARTS) is 2. The van der Waals surface area contributed by atoms with Crippen molar-refractivity contribution in [3.05, 3.63) is 95.2 Å². The van der Waals surface area contributed by atoms with Crippen molar-refractivity contribution in [3.8, 4) is 5.75 Å². The average molecular weight is 597 g/mol. The molecule has 2 aliphatic heterocycles. The molecule has 0 unspecified atom stereocenters. The summed E-state index contributed by atoms with van der Waals surface area (Å²) in [6.45, 7) is 0. The van der Waals surface area contributed by atoms with Crippen molar-refractivity contribution in [2.75, 3.05) is 12.0 Å². The second kappa shape index (κ2) is 11.2. The van der Waals surface area contributed by atoms with Gasteiger partial charge in [0, 0.05) is 29.4 Å². The summed E-state index contributed by atoms with van der Waals surface area (Å²) in [6, 6.07) is 17.2. The molecule has 4 aromatic rings. The number of nitrogens with one attached hydrogen (secondary N) is 2. The fraction of sp³-hybridized carbons (Fsp3) is 0.219. The lowest BCUT2D eigenvalue weighted by atomic mass is 9.89. The average Bonchev–Trinajstić information content (AvgIpc) is 3.51. The van der Waals surface area contributed by atoms with Gasteiger partial charge in [-0.05, 0) is 47.9 Å². The molecule has 1 aromatic heterocycles. The Balaban J connectivity index is 1.41. The van der Waals surface area contributed by atoms with Crippen LogP contribution in [0.3, 0.4) is 0 Å². The fourth-order valence-electron chi connectivity index (χ4n) is 6.08. The smallest absolute Gasteiger partial charge is 0.332 e. The Hall–Kier alpha value is -5.65. The molecule has 44 heavy (non-hydrogen) atoms. The predicted octanol–water partition coefficient (Wildman–Crippen LogP) is 3.71. The van der Waals surface area contributed by atoms with Crippen LogP contribution >= 0.6 is 0 Å². The highest BCUT2D eigenvalue weighted by molar-refractivity contribution is 6.24. The lowest BCUT2D eigenvalue weighted by Crippen LogP contribution is -2.44. The molecular weight excluding hydrogens is 568 g/mol. The van der Waals surface area contributed by atoms with Crippen LogP contribution in [0.4, 0.5) is 10.5 Å². The zero-order valence-electron chi connectivity index (χ0n) is 23.5. The van der Waals surface area contributed by atoms with Gasteiger partial charge in [0.2, 0.25) is 0 Å². The number of aromatic amines is 1. The highest BCUT2D eigenvalue weighted by atomic mass is 16.5. The number of methoxy groups -OCH3 is 1.